The summed E-state index contributed by atoms with van der Waals surface area (Å²) in [7, 11) is 0. The van der Waals surface area contributed by atoms with Crippen LogP contribution in [0, 0.1) is 11.3 Å². The first-order valence-corrected chi connectivity index (χ1v) is 8.69. The van der Waals surface area contributed by atoms with Gasteiger partial charge >= 0.3 is 5.97 Å². The maximum absolute atomic E-state index is 12.1. The Balaban J connectivity index is 1.82. The molecule has 2 rings (SSSR count). The molecule has 1 fully saturated rings. The van der Waals surface area contributed by atoms with Gasteiger partial charge in [0.25, 0.3) is 11.8 Å². The number of ether oxygens (including phenoxy) is 1. The quantitative estimate of drug-likeness (QED) is 0.736. The van der Waals surface area contributed by atoms with Crippen molar-refractivity contribution in [3.8, 4) is 6.07 Å². The van der Waals surface area contributed by atoms with Gasteiger partial charge in [-0.3, -0.25) is 9.59 Å². The summed E-state index contributed by atoms with van der Waals surface area (Å²) in [5.41, 5.74) is -0.628. The molecule has 1 aliphatic carbocycles. The monoisotopic (exact) mass is 377 g/mol. The third-order valence-electron chi connectivity index (χ3n) is 4.21. The van der Waals surface area contributed by atoms with Crippen LogP contribution in [0.25, 0.3) is 0 Å². The molecular formula is C18H20ClN3O4. The van der Waals surface area contributed by atoms with Crippen LogP contribution in [0.1, 0.15) is 43.0 Å². The van der Waals surface area contributed by atoms with Crippen molar-refractivity contribution in [2.24, 2.45) is 0 Å². The van der Waals surface area contributed by atoms with E-state index in [9.17, 15) is 19.6 Å². The number of esters is 1. The summed E-state index contributed by atoms with van der Waals surface area (Å²) in [6.45, 7) is 0.942. The number of nitrogens with zero attached hydrogens (tertiary/aromatic N) is 1. The molecular weight excluding hydrogens is 358 g/mol. The lowest BCUT2D eigenvalue weighted by Gasteiger charge is -2.22. The molecule has 7 nitrogen and oxygen atoms in total. The summed E-state index contributed by atoms with van der Waals surface area (Å²) in [5, 5.41) is 14.6. The molecule has 26 heavy (non-hydrogen) atoms. The van der Waals surface area contributed by atoms with Crippen molar-refractivity contribution in [1.82, 2.24) is 10.6 Å². The molecule has 0 bridgehead atoms. The normalized spacial score (nSPS) is 16.2. The third kappa shape index (κ3) is 4.96. The maximum Gasteiger partial charge on any atom is 0.328 e. The first-order chi connectivity index (χ1) is 12.4. The smallest absolute Gasteiger partial charge is 0.328 e. The van der Waals surface area contributed by atoms with Crippen LogP contribution in [0.5, 0.6) is 0 Å². The second kappa shape index (κ2) is 8.68. The molecule has 0 saturated heterocycles. The molecule has 1 aromatic rings. The highest BCUT2D eigenvalue weighted by molar-refractivity contribution is 6.33. The van der Waals surface area contributed by atoms with Crippen LogP contribution in [-0.2, 0) is 14.3 Å². The minimum atomic E-state index is -0.956. The Bertz CT molecular complexity index is 738. The number of halogens is 1. The van der Waals surface area contributed by atoms with Gasteiger partial charge in [0.05, 0.1) is 16.7 Å². The van der Waals surface area contributed by atoms with E-state index in [0.29, 0.717) is 12.8 Å². The highest BCUT2D eigenvalue weighted by atomic mass is 35.5. The van der Waals surface area contributed by atoms with Crippen LogP contribution >= 0.6 is 11.6 Å². The summed E-state index contributed by atoms with van der Waals surface area (Å²) < 4.78 is 4.92. The van der Waals surface area contributed by atoms with Crippen molar-refractivity contribution >= 4 is 29.4 Å². The largest absolute Gasteiger partial charge is 0.454 e. The highest BCUT2D eigenvalue weighted by Crippen LogP contribution is 2.28. The molecule has 0 aliphatic heterocycles. The number of amides is 2. The fourth-order valence-electron chi connectivity index (χ4n) is 2.79. The average molecular weight is 378 g/mol. The first-order valence-electron chi connectivity index (χ1n) is 8.31. The Morgan fingerprint density at radius 3 is 2.58 bits per heavy atom. The summed E-state index contributed by atoms with van der Waals surface area (Å²) >= 11 is 5.94. The van der Waals surface area contributed by atoms with Crippen LogP contribution in [0.3, 0.4) is 0 Å². The number of nitriles is 1. The molecule has 1 atom stereocenters. The minimum absolute atomic E-state index is 0.240. The zero-order valence-corrected chi connectivity index (χ0v) is 15.1. The van der Waals surface area contributed by atoms with Gasteiger partial charge < -0.3 is 15.4 Å². The van der Waals surface area contributed by atoms with Crippen LogP contribution in [0.2, 0.25) is 5.02 Å². The van der Waals surface area contributed by atoms with Crippen molar-refractivity contribution < 1.29 is 19.1 Å². The topological polar surface area (TPSA) is 108 Å². The molecule has 0 unspecified atom stereocenters. The van der Waals surface area contributed by atoms with Crippen LogP contribution in [-0.4, -0.2) is 36.0 Å². The summed E-state index contributed by atoms with van der Waals surface area (Å²) in [5.74, 6) is -1.80. The van der Waals surface area contributed by atoms with Gasteiger partial charge in [0.1, 0.15) is 11.6 Å². The summed E-state index contributed by atoms with van der Waals surface area (Å²) in [6.07, 6.45) is 2.93. The van der Waals surface area contributed by atoms with Crippen LogP contribution in [0.4, 0.5) is 0 Å². The predicted molar refractivity (Wildman–Crippen MR) is 94.3 cm³/mol. The Labute approximate surface area is 156 Å². The van der Waals surface area contributed by atoms with Gasteiger partial charge in [0.15, 0.2) is 6.61 Å². The molecule has 8 heteroatoms. The first kappa shape index (κ1) is 19.7. The van der Waals surface area contributed by atoms with E-state index in [4.69, 9.17) is 16.3 Å². The van der Waals surface area contributed by atoms with E-state index in [1.807, 2.05) is 0 Å². The molecule has 0 spiro atoms. The Morgan fingerprint density at radius 1 is 1.31 bits per heavy atom. The highest BCUT2D eigenvalue weighted by Gasteiger charge is 2.35. The van der Waals surface area contributed by atoms with Crippen LogP contribution < -0.4 is 10.6 Å². The molecule has 138 valence electrons. The molecule has 0 aromatic heterocycles. The van der Waals surface area contributed by atoms with Gasteiger partial charge in [-0.15, -0.1) is 0 Å². The molecule has 2 amide bonds. The molecule has 1 aliphatic rings. The molecule has 1 aromatic carbocycles. The Kier molecular flexibility index (Phi) is 6.58. The van der Waals surface area contributed by atoms with E-state index in [1.54, 1.807) is 18.2 Å². The van der Waals surface area contributed by atoms with E-state index in [1.165, 1.54) is 13.0 Å². The van der Waals surface area contributed by atoms with Gasteiger partial charge in [0, 0.05) is 0 Å². The number of rotatable bonds is 6. The van der Waals surface area contributed by atoms with Gasteiger partial charge in [-0.1, -0.05) is 23.7 Å². The number of carbonyl (C=O) groups excluding carboxylic acids is 3. The van der Waals surface area contributed by atoms with E-state index >= 15 is 0 Å². The molecule has 0 radical (unpaired) electrons. The lowest BCUT2D eigenvalue weighted by atomic mass is 10.00. The number of hydrogen-bond donors (Lipinski definition) is 2. The lowest BCUT2D eigenvalue weighted by molar-refractivity contribution is -0.150. The van der Waals surface area contributed by atoms with Gasteiger partial charge in [-0.05, 0) is 44.7 Å². The van der Waals surface area contributed by atoms with Crippen molar-refractivity contribution in [2.45, 2.75) is 44.2 Å². The summed E-state index contributed by atoms with van der Waals surface area (Å²) in [4.78, 5) is 36.0. The fourth-order valence-corrected chi connectivity index (χ4v) is 3.01. The second-order valence-electron chi connectivity index (χ2n) is 6.23. The van der Waals surface area contributed by atoms with E-state index in [-0.39, 0.29) is 10.6 Å². The standard InChI is InChI=1S/C18H20ClN3O4/c1-12(21-16(24)13-6-2-3-7-14(13)19)17(25)26-10-15(23)22-18(11-20)8-4-5-9-18/h2-3,6-7,12H,4-5,8-10H2,1H3,(H,21,24)(H,22,23)/t12-/m0/s1. The maximum atomic E-state index is 12.1. The molecule has 0 heterocycles. The van der Waals surface area contributed by atoms with Crippen molar-refractivity contribution in [1.29, 1.82) is 5.26 Å². The summed E-state index contributed by atoms with van der Waals surface area (Å²) in [6, 6.07) is 7.62. The van der Waals surface area contributed by atoms with Crippen LogP contribution in [0.15, 0.2) is 24.3 Å². The van der Waals surface area contributed by atoms with Gasteiger partial charge in [-0.25, -0.2) is 4.79 Å². The average Bonchev–Trinajstić information content (AvgIpc) is 3.08. The van der Waals surface area contributed by atoms with E-state index < -0.39 is 36.0 Å². The third-order valence-corrected chi connectivity index (χ3v) is 4.54. The zero-order chi connectivity index (χ0) is 19.2. The van der Waals surface area contributed by atoms with E-state index in [0.717, 1.165) is 12.8 Å². The van der Waals surface area contributed by atoms with Gasteiger partial charge in [0.2, 0.25) is 0 Å². The Morgan fingerprint density at radius 2 is 1.96 bits per heavy atom. The Hall–Kier alpha value is -2.59. The number of hydrogen-bond acceptors (Lipinski definition) is 5. The zero-order valence-electron chi connectivity index (χ0n) is 14.4. The van der Waals surface area contributed by atoms with Crippen molar-refractivity contribution in [3.05, 3.63) is 34.9 Å². The van der Waals surface area contributed by atoms with Crippen molar-refractivity contribution in [3.63, 3.8) is 0 Å². The minimum Gasteiger partial charge on any atom is -0.454 e. The second-order valence-corrected chi connectivity index (χ2v) is 6.64. The predicted octanol–water partition coefficient (Wildman–Crippen LogP) is 1.95. The van der Waals surface area contributed by atoms with Gasteiger partial charge in [-0.2, -0.15) is 5.26 Å². The lowest BCUT2D eigenvalue weighted by Crippen LogP contribution is -2.47. The number of benzene rings is 1. The SMILES string of the molecule is C[C@H](NC(=O)c1ccccc1Cl)C(=O)OCC(=O)NC1(C#N)CCCC1. The number of nitrogens with one attached hydrogen (secondary N) is 2. The fraction of sp³-hybridized carbons (Fsp3) is 0.444. The number of carbonyl (C=O) groups is 3. The molecule has 2 N–H and O–H groups in total. The van der Waals surface area contributed by atoms with Crippen molar-refractivity contribution in [2.75, 3.05) is 6.61 Å². The van der Waals surface area contributed by atoms with E-state index in [2.05, 4.69) is 16.7 Å². The molecule has 1 saturated carbocycles.